The molecule has 3 fully saturated rings. The van der Waals surface area contributed by atoms with E-state index in [1.54, 1.807) is 0 Å². The second kappa shape index (κ2) is 5.97. The molecule has 25 heavy (non-hydrogen) atoms. The number of aromatic nitrogens is 4. The predicted molar refractivity (Wildman–Crippen MR) is 93.5 cm³/mol. The van der Waals surface area contributed by atoms with E-state index in [2.05, 4.69) is 20.0 Å². The number of nitrogens with zero attached hydrogens (tertiary/aromatic N) is 6. The van der Waals surface area contributed by atoms with Gasteiger partial charge in [-0.1, -0.05) is 6.42 Å². The molecule has 2 aliphatic heterocycles. The molecular formula is C18H24N6O. The molecule has 2 saturated heterocycles. The Balaban J connectivity index is 1.32. The molecular weight excluding hydrogens is 316 g/mol. The summed E-state index contributed by atoms with van der Waals surface area (Å²) in [5.41, 5.74) is 0.812. The lowest BCUT2D eigenvalue weighted by molar-refractivity contribution is -0.139. The van der Waals surface area contributed by atoms with E-state index in [1.807, 2.05) is 16.6 Å². The molecule has 0 radical (unpaired) electrons. The van der Waals surface area contributed by atoms with Gasteiger partial charge in [-0.3, -0.25) is 4.79 Å². The van der Waals surface area contributed by atoms with Crippen LogP contribution in [0, 0.1) is 5.92 Å². The van der Waals surface area contributed by atoms with E-state index in [0.717, 1.165) is 69.2 Å². The monoisotopic (exact) mass is 340 g/mol. The van der Waals surface area contributed by atoms with Crippen LogP contribution in [0.1, 0.15) is 50.3 Å². The number of amides is 1. The van der Waals surface area contributed by atoms with Crippen LogP contribution in [0.2, 0.25) is 0 Å². The molecule has 0 bridgehead atoms. The third kappa shape index (κ3) is 2.56. The fourth-order valence-corrected chi connectivity index (χ4v) is 4.04. The number of anilines is 1. The minimum Gasteiger partial charge on any atom is -0.355 e. The van der Waals surface area contributed by atoms with Gasteiger partial charge in [-0.15, -0.1) is 15.3 Å². The maximum Gasteiger partial charge on any atom is 0.225 e. The fourth-order valence-electron chi connectivity index (χ4n) is 4.04. The van der Waals surface area contributed by atoms with Crippen LogP contribution in [-0.4, -0.2) is 56.8 Å². The third-order valence-electron chi connectivity index (χ3n) is 6.08. The molecule has 0 aromatic carbocycles. The Morgan fingerprint density at radius 3 is 2.40 bits per heavy atom. The lowest BCUT2D eigenvalue weighted by atomic mass is 9.83. The maximum atomic E-state index is 12.4. The summed E-state index contributed by atoms with van der Waals surface area (Å²) in [5.74, 6) is 2.96. The van der Waals surface area contributed by atoms with Crippen molar-refractivity contribution in [2.75, 3.05) is 31.1 Å². The average Bonchev–Trinajstić information content (AvgIpc) is 2.95. The number of fused-ring (bicyclic) bond motifs is 1. The second-order valence-electron chi connectivity index (χ2n) is 7.59. The summed E-state index contributed by atoms with van der Waals surface area (Å²) in [7, 11) is 0. The second-order valence-corrected chi connectivity index (χ2v) is 7.59. The number of hydrogen-bond acceptors (Lipinski definition) is 5. The summed E-state index contributed by atoms with van der Waals surface area (Å²) in [6, 6.07) is 4.04. The van der Waals surface area contributed by atoms with Crippen molar-refractivity contribution in [2.24, 2.45) is 5.92 Å². The fraction of sp³-hybridized carbons (Fsp3) is 0.667. The lowest BCUT2D eigenvalue weighted by Crippen LogP contribution is -2.43. The van der Waals surface area contributed by atoms with E-state index in [9.17, 15) is 4.79 Å². The van der Waals surface area contributed by atoms with Crippen LogP contribution < -0.4 is 4.90 Å². The molecule has 3 aliphatic rings. The zero-order valence-corrected chi connectivity index (χ0v) is 14.5. The Labute approximate surface area is 147 Å². The van der Waals surface area contributed by atoms with Gasteiger partial charge in [-0.2, -0.15) is 4.52 Å². The lowest BCUT2D eigenvalue weighted by Gasteiger charge is -2.36. The Morgan fingerprint density at radius 2 is 1.76 bits per heavy atom. The van der Waals surface area contributed by atoms with Gasteiger partial charge in [0.15, 0.2) is 11.5 Å². The molecule has 1 amide bonds. The highest BCUT2D eigenvalue weighted by Crippen LogP contribution is 2.32. The van der Waals surface area contributed by atoms with Crippen LogP contribution in [0.25, 0.3) is 5.65 Å². The van der Waals surface area contributed by atoms with Crippen LogP contribution >= 0.6 is 0 Å². The van der Waals surface area contributed by atoms with Crippen molar-refractivity contribution >= 4 is 17.4 Å². The number of hydrogen-bond donors (Lipinski definition) is 0. The van der Waals surface area contributed by atoms with Crippen molar-refractivity contribution in [1.82, 2.24) is 24.7 Å². The Hall–Kier alpha value is -2.18. The molecule has 2 aromatic heterocycles. The van der Waals surface area contributed by atoms with E-state index in [4.69, 9.17) is 5.10 Å². The van der Waals surface area contributed by atoms with Gasteiger partial charge in [0.2, 0.25) is 5.91 Å². The molecule has 0 N–H and O–H groups in total. The van der Waals surface area contributed by atoms with Gasteiger partial charge in [0.05, 0.1) is 0 Å². The summed E-state index contributed by atoms with van der Waals surface area (Å²) >= 11 is 0. The first kappa shape index (κ1) is 15.1. The summed E-state index contributed by atoms with van der Waals surface area (Å²) in [6.07, 6.45) is 6.52. The maximum absolute atomic E-state index is 12.4. The zero-order valence-electron chi connectivity index (χ0n) is 14.5. The Kier molecular flexibility index (Phi) is 3.60. The zero-order chi connectivity index (χ0) is 16.8. The summed E-state index contributed by atoms with van der Waals surface area (Å²) in [5, 5.41) is 13.5. The number of rotatable bonds is 3. The van der Waals surface area contributed by atoms with Crippen molar-refractivity contribution in [1.29, 1.82) is 0 Å². The molecule has 1 saturated carbocycles. The van der Waals surface area contributed by atoms with Crippen LogP contribution in [-0.2, 0) is 4.79 Å². The smallest absolute Gasteiger partial charge is 0.225 e. The third-order valence-corrected chi connectivity index (χ3v) is 6.08. The van der Waals surface area contributed by atoms with Gasteiger partial charge in [0.1, 0.15) is 5.82 Å². The van der Waals surface area contributed by atoms with E-state index in [-0.39, 0.29) is 0 Å². The van der Waals surface area contributed by atoms with Crippen molar-refractivity contribution in [2.45, 2.75) is 44.4 Å². The van der Waals surface area contributed by atoms with Gasteiger partial charge in [-0.25, -0.2) is 0 Å². The highest BCUT2D eigenvalue weighted by molar-refractivity contribution is 5.79. The van der Waals surface area contributed by atoms with Crippen LogP contribution in [0.4, 0.5) is 5.82 Å². The highest BCUT2D eigenvalue weighted by atomic mass is 16.2. The largest absolute Gasteiger partial charge is 0.355 e. The van der Waals surface area contributed by atoms with E-state index < -0.39 is 0 Å². The first-order valence-corrected chi connectivity index (χ1v) is 9.56. The van der Waals surface area contributed by atoms with Crippen molar-refractivity contribution in [3.63, 3.8) is 0 Å². The van der Waals surface area contributed by atoms with Crippen LogP contribution in [0.3, 0.4) is 0 Å². The molecule has 7 nitrogen and oxygen atoms in total. The Morgan fingerprint density at radius 1 is 0.960 bits per heavy atom. The minimum absolute atomic E-state index is 0.297. The van der Waals surface area contributed by atoms with Crippen LogP contribution in [0.15, 0.2) is 12.1 Å². The standard InChI is InChI=1S/C18H24N6O/c25-18(14-3-1-4-14)23-11-7-13(8-12-23)17-20-19-15-5-6-16(21-24(15)17)22-9-2-10-22/h5-6,13-14H,1-4,7-12H2. The van der Waals surface area contributed by atoms with E-state index in [0.29, 0.717) is 17.7 Å². The average molecular weight is 340 g/mol. The first-order chi connectivity index (χ1) is 12.3. The molecule has 2 aromatic rings. The first-order valence-electron chi connectivity index (χ1n) is 9.56. The topological polar surface area (TPSA) is 66.6 Å². The molecule has 0 unspecified atom stereocenters. The number of carbonyl (C=O) groups excluding carboxylic acids is 1. The van der Waals surface area contributed by atoms with Gasteiger partial charge in [0.25, 0.3) is 0 Å². The SMILES string of the molecule is O=C(C1CCC1)N1CCC(c2nnc3ccc(N4CCC4)nn23)CC1. The quantitative estimate of drug-likeness (QED) is 0.853. The number of carbonyl (C=O) groups is 1. The molecule has 5 rings (SSSR count). The number of likely N-dealkylation sites (tertiary alicyclic amines) is 1. The van der Waals surface area contributed by atoms with Crippen molar-refractivity contribution in [3.8, 4) is 0 Å². The van der Waals surface area contributed by atoms with Gasteiger partial charge in [0, 0.05) is 38.0 Å². The molecule has 0 atom stereocenters. The predicted octanol–water partition coefficient (Wildman–Crippen LogP) is 1.84. The molecule has 132 valence electrons. The normalized spacial score (nSPS) is 22.1. The van der Waals surface area contributed by atoms with Crippen molar-refractivity contribution < 1.29 is 4.79 Å². The van der Waals surface area contributed by atoms with Gasteiger partial charge >= 0.3 is 0 Å². The molecule has 0 spiro atoms. The summed E-state index contributed by atoms with van der Waals surface area (Å²) in [6.45, 7) is 3.83. The molecule has 7 heteroatoms. The molecule has 1 aliphatic carbocycles. The highest BCUT2D eigenvalue weighted by Gasteiger charge is 2.33. The summed E-state index contributed by atoms with van der Waals surface area (Å²) < 4.78 is 1.92. The minimum atomic E-state index is 0.297. The van der Waals surface area contributed by atoms with E-state index in [1.165, 1.54) is 12.8 Å². The Bertz CT molecular complexity index is 786. The van der Waals surface area contributed by atoms with Gasteiger partial charge < -0.3 is 9.80 Å². The van der Waals surface area contributed by atoms with E-state index >= 15 is 0 Å². The molecule has 4 heterocycles. The van der Waals surface area contributed by atoms with Gasteiger partial charge in [-0.05, 0) is 44.2 Å². The van der Waals surface area contributed by atoms with Crippen molar-refractivity contribution in [3.05, 3.63) is 18.0 Å². The summed E-state index contributed by atoms with van der Waals surface area (Å²) in [4.78, 5) is 16.8. The van der Waals surface area contributed by atoms with Crippen LogP contribution in [0.5, 0.6) is 0 Å². The number of piperidine rings is 1.